The van der Waals surface area contributed by atoms with Gasteiger partial charge in [-0.3, -0.25) is 4.79 Å². The quantitative estimate of drug-likeness (QED) is 0.463. The third-order valence-corrected chi connectivity index (χ3v) is 4.46. The Labute approximate surface area is 135 Å². The maximum atomic E-state index is 12.0. The summed E-state index contributed by atoms with van der Waals surface area (Å²) >= 11 is 2.22. The second kappa shape index (κ2) is 8.62. The summed E-state index contributed by atoms with van der Waals surface area (Å²) in [6.45, 7) is 1.56. The normalized spacial score (nSPS) is 16.6. The molecule has 0 heterocycles. The first-order valence-corrected chi connectivity index (χ1v) is 8.61. The van der Waals surface area contributed by atoms with Crippen LogP contribution in [0.3, 0.4) is 0 Å². The van der Waals surface area contributed by atoms with Crippen LogP contribution in [0.25, 0.3) is 0 Å². The molecule has 0 atom stereocenters. The minimum Gasteiger partial charge on any atom is -0.351 e. The summed E-state index contributed by atoms with van der Waals surface area (Å²) in [5, 5.41) is 6.54. The zero-order valence-corrected chi connectivity index (χ0v) is 14.0. The molecule has 1 aliphatic rings. The number of amides is 1. The Hall–Kier alpha value is -0.620. The Bertz CT molecular complexity index is 428. The molecule has 1 aromatic carbocycles. The van der Waals surface area contributed by atoms with E-state index in [1.165, 1.54) is 38.5 Å². The summed E-state index contributed by atoms with van der Waals surface area (Å²) in [7, 11) is 0. The molecule has 0 radical (unpaired) electrons. The topological polar surface area (TPSA) is 41.1 Å². The van der Waals surface area contributed by atoms with E-state index >= 15 is 0 Å². The molecule has 0 aromatic heterocycles. The molecule has 0 spiro atoms. The van der Waals surface area contributed by atoms with Crippen LogP contribution in [0, 0.1) is 3.57 Å². The average Bonchev–Trinajstić information content (AvgIpc) is 2.72. The van der Waals surface area contributed by atoms with Crippen molar-refractivity contribution in [1.82, 2.24) is 10.6 Å². The standard InChI is InChI=1S/C16H23IN2O/c17-14-7-5-6-13(12-14)16(20)19-11-10-18-15-8-3-1-2-4-9-15/h5-7,12,15,18H,1-4,8-11H2,(H,19,20). The minimum atomic E-state index is 0.0196. The molecular weight excluding hydrogens is 363 g/mol. The van der Waals surface area contributed by atoms with E-state index in [2.05, 4.69) is 33.2 Å². The molecule has 20 heavy (non-hydrogen) atoms. The number of hydrogen-bond donors (Lipinski definition) is 2. The van der Waals surface area contributed by atoms with Crippen molar-refractivity contribution in [3.05, 3.63) is 33.4 Å². The molecule has 110 valence electrons. The highest BCUT2D eigenvalue weighted by atomic mass is 127. The lowest BCUT2D eigenvalue weighted by Crippen LogP contribution is -2.36. The van der Waals surface area contributed by atoms with Gasteiger partial charge in [0.05, 0.1) is 0 Å². The lowest BCUT2D eigenvalue weighted by Gasteiger charge is -2.16. The summed E-state index contributed by atoms with van der Waals surface area (Å²) in [6.07, 6.45) is 8.00. The first-order chi connectivity index (χ1) is 9.75. The van der Waals surface area contributed by atoms with Gasteiger partial charge in [-0.2, -0.15) is 0 Å². The van der Waals surface area contributed by atoms with Crippen LogP contribution in [0.15, 0.2) is 24.3 Å². The van der Waals surface area contributed by atoms with Crippen LogP contribution in [0.4, 0.5) is 0 Å². The van der Waals surface area contributed by atoms with E-state index in [0.29, 0.717) is 12.6 Å². The number of hydrogen-bond acceptors (Lipinski definition) is 2. The van der Waals surface area contributed by atoms with Crippen molar-refractivity contribution in [3.63, 3.8) is 0 Å². The van der Waals surface area contributed by atoms with Crippen molar-refractivity contribution in [2.75, 3.05) is 13.1 Å². The summed E-state index contributed by atoms with van der Waals surface area (Å²) in [4.78, 5) is 12.0. The Morgan fingerprint density at radius 1 is 1.15 bits per heavy atom. The molecule has 1 amide bonds. The van der Waals surface area contributed by atoms with Crippen molar-refractivity contribution in [2.24, 2.45) is 0 Å². The number of rotatable bonds is 5. The average molecular weight is 386 g/mol. The first-order valence-electron chi connectivity index (χ1n) is 7.53. The highest BCUT2D eigenvalue weighted by molar-refractivity contribution is 14.1. The van der Waals surface area contributed by atoms with E-state index in [4.69, 9.17) is 0 Å². The monoisotopic (exact) mass is 386 g/mol. The number of nitrogens with one attached hydrogen (secondary N) is 2. The van der Waals surface area contributed by atoms with Crippen LogP contribution in [0.5, 0.6) is 0 Å². The smallest absolute Gasteiger partial charge is 0.251 e. The van der Waals surface area contributed by atoms with Crippen molar-refractivity contribution in [2.45, 2.75) is 44.6 Å². The lowest BCUT2D eigenvalue weighted by atomic mass is 10.1. The fourth-order valence-electron chi connectivity index (χ4n) is 2.67. The first kappa shape index (κ1) is 15.8. The summed E-state index contributed by atoms with van der Waals surface area (Å²) in [5.41, 5.74) is 0.742. The highest BCUT2D eigenvalue weighted by Gasteiger charge is 2.11. The second-order valence-electron chi connectivity index (χ2n) is 5.41. The predicted molar refractivity (Wildman–Crippen MR) is 91.0 cm³/mol. The Kier molecular flexibility index (Phi) is 6.79. The van der Waals surface area contributed by atoms with Gasteiger partial charge < -0.3 is 10.6 Å². The van der Waals surface area contributed by atoms with Crippen molar-refractivity contribution >= 4 is 28.5 Å². The van der Waals surface area contributed by atoms with E-state index in [1.54, 1.807) is 0 Å². The Morgan fingerprint density at radius 2 is 1.90 bits per heavy atom. The van der Waals surface area contributed by atoms with Gasteiger partial charge in [-0.1, -0.05) is 31.7 Å². The zero-order chi connectivity index (χ0) is 14.2. The molecule has 1 fully saturated rings. The van der Waals surface area contributed by atoms with Crippen molar-refractivity contribution in [3.8, 4) is 0 Å². The van der Waals surface area contributed by atoms with Crippen LogP contribution in [0.1, 0.15) is 48.9 Å². The van der Waals surface area contributed by atoms with Gasteiger partial charge >= 0.3 is 0 Å². The molecule has 3 nitrogen and oxygen atoms in total. The molecule has 4 heteroatoms. The fourth-order valence-corrected chi connectivity index (χ4v) is 3.21. The number of carbonyl (C=O) groups is 1. The number of carbonyl (C=O) groups excluding carboxylic acids is 1. The Morgan fingerprint density at radius 3 is 2.60 bits per heavy atom. The fraction of sp³-hybridized carbons (Fsp3) is 0.562. The van der Waals surface area contributed by atoms with E-state index in [1.807, 2.05) is 24.3 Å². The molecule has 0 aliphatic heterocycles. The lowest BCUT2D eigenvalue weighted by molar-refractivity contribution is 0.0953. The van der Waals surface area contributed by atoms with Gasteiger partial charge in [0.1, 0.15) is 0 Å². The van der Waals surface area contributed by atoms with Crippen LogP contribution in [0.2, 0.25) is 0 Å². The molecule has 0 bridgehead atoms. The maximum absolute atomic E-state index is 12.0. The van der Waals surface area contributed by atoms with Gasteiger partial charge in [0.15, 0.2) is 0 Å². The molecule has 1 aliphatic carbocycles. The molecule has 1 aromatic rings. The molecular formula is C16H23IN2O. The summed E-state index contributed by atoms with van der Waals surface area (Å²) < 4.78 is 1.09. The van der Waals surface area contributed by atoms with E-state index < -0.39 is 0 Å². The van der Waals surface area contributed by atoms with E-state index in [0.717, 1.165) is 15.7 Å². The van der Waals surface area contributed by atoms with Crippen LogP contribution >= 0.6 is 22.6 Å². The summed E-state index contributed by atoms with van der Waals surface area (Å²) in [5.74, 6) is 0.0196. The van der Waals surface area contributed by atoms with Gasteiger partial charge in [0.25, 0.3) is 5.91 Å². The third kappa shape index (κ3) is 5.40. The van der Waals surface area contributed by atoms with Crippen molar-refractivity contribution in [1.29, 1.82) is 0 Å². The molecule has 0 unspecified atom stereocenters. The third-order valence-electron chi connectivity index (χ3n) is 3.79. The highest BCUT2D eigenvalue weighted by Crippen LogP contribution is 2.16. The van der Waals surface area contributed by atoms with Crippen LogP contribution in [-0.2, 0) is 0 Å². The number of halogens is 1. The largest absolute Gasteiger partial charge is 0.351 e. The minimum absolute atomic E-state index is 0.0196. The zero-order valence-electron chi connectivity index (χ0n) is 11.8. The SMILES string of the molecule is O=C(NCCNC1CCCCCC1)c1cccc(I)c1. The maximum Gasteiger partial charge on any atom is 0.251 e. The van der Waals surface area contributed by atoms with Crippen LogP contribution in [-0.4, -0.2) is 25.0 Å². The van der Waals surface area contributed by atoms with E-state index in [-0.39, 0.29) is 5.91 Å². The van der Waals surface area contributed by atoms with E-state index in [9.17, 15) is 4.79 Å². The summed E-state index contributed by atoms with van der Waals surface area (Å²) in [6, 6.07) is 8.32. The van der Waals surface area contributed by atoms with Crippen molar-refractivity contribution < 1.29 is 4.79 Å². The molecule has 2 N–H and O–H groups in total. The van der Waals surface area contributed by atoms with Gasteiger partial charge in [-0.15, -0.1) is 0 Å². The Balaban J connectivity index is 1.66. The van der Waals surface area contributed by atoms with Gasteiger partial charge in [0.2, 0.25) is 0 Å². The number of benzene rings is 1. The predicted octanol–water partition coefficient (Wildman–Crippen LogP) is 3.33. The van der Waals surface area contributed by atoms with Crippen LogP contribution < -0.4 is 10.6 Å². The molecule has 0 saturated heterocycles. The van der Waals surface area contributed by atoms with Gasteiger partial charge in [0, 0.05) is 28.3 Å². The van der Waals surface area contributed by atoms with Gasteiger partial charge in [-0.05, 0) is 53.6 Å². The molecule has 1 saturated carbocycles. The second-order valence-corrected chi connectivity index (χ2v) is 6.65. The van der Waals surface area contributed by atoms with Gasteiger partial charge in [-0.25, -0.2) is 0 Å². The molecule has 2 rings (SSSR count).